The number of ether oxygens (including phenoxy) is 1. The van der Waals surface area contributed by atoms with Crippen molar-refractivity contribution >= 4 is 17.7 Å². The molecule has 0 saturated carbocycles. The second-order valence-electron chi connectivity index (χ2n) is 5.75. The minimum atomic E-state index is -4.17. The summed E-state index contributed by atoms with van der Waals surface area (Å²) < 4.78 is 41.7. The van der Waals surface area contributed by atoms with Crippen LogP contribution in [0.15, 0.2) is 0 Å². The number of alkyl halides is 3. The second-order valence-corrected chi connectivity index (χ2v) is 7.06. The maximum absolute atomic E-state index is 12.2. The van der Waals surface area contributed by atoms with Crippen LogP contribution in [0.1, 0.15) is 59.8 Å². The lowest BCUT2D eigenvalue weighted by molar-refractivity contribution is -0.154. The minimum absolute atomic E-state index is 0.0977. The Balaban J connectivity index is 4.36. The molecule has 0 aliphatic rings. The summed E-state index contributed by atoms with van der Waals surface area (Å²) in [7, 11) is 0. The first-order valence-electron chi connectivity index (χ1n) is 6.96. The third-order valence-corrected chi connectivity index (χ3v) is 3.71. The van der Waals surface area contributed by atoms with Crippen molar-refractivity contribution < 1.29 is 22.7 Å². The molecule has 0 heterocycles. The number of hydrogen-bond acceptors (Lipinski definition) is 3. The first-order valence-corrected chi connectivity index (χ1v) is 8.01. The van der Waals surface area contributed by atoms with Crippen molar-refractivity contribution in [2.24, 2.45) is 0 Å². The number of rotatable bonds is 8. The Morgan fingerprint density at radius 1 is 1.20 bits per heavy atom. The molecule has 6 heteroatoms. The summed E-state index contributed by atoms with van der Waals surface area (Å²) in [4.78, 5) is 12.0. The minimum Gasteiger partial charge on any atom is -0.459 e. The lowest BCUT2D eigenvalue weighted by Crippen LogP contribution is -2.30. The third-order valence-electron chi connectivity index (χ3n) is 2.44. The molecule has 0 aliphatic heterocycles. The number of halogens is 3. The Labute approximate surface area is 123 Å². The molecule has 0 bridgehead atoms. The monoisotopic (exact) mass is 314 g/mol. The average molecular weight is 314 g/mol. The molecule has 0 saturated heterocycles. The highest BCUT2D eigenvalue weighted by atomic mass is 32.2. The van der Waals surface area contributed by atoms with Crippen LogP contribution in [0.25, 0.3) is 0 Å². The van der Waals surface area contributed by atoms with Crippen molar-refractivity contribution in [1.29, 1.82) is 0 Å². The van der Waals surface area contributed by atoms with E-state index in [0.29, 0.717) is 6.42 Å². The van der Waals surface area contributed by atoms with E-state index in [2.05, 4.69) is 0 Å². The quantitative estimate of drug-likeness (QED) is 0.468. The van der Waals surface area contributed by atoms with Crippen molar-refractivity contribution in [2.45, 2.75) is 76.8 Å². The van der Waals surface area contributed by atoms with Gasteiger partial charge in [-0.15, -0.1) is 11.8 Å². The number of unbranched alkanes of at least 4 members (excludes halogenated alkanes) is 2. The molecular formula is C14H25F3O2S. The number of esters is 1. The third kappa shape index (κ3) is 11.4. The van der Waals surface area contributed by atoms with Gasteiger partial charge in [0.15, 0.2) is 0 Å². The van der Waals surface area contributed by atoms with E-state index in [1.54, 1.807) is 20.8 Å². The van der Waals surface area contributed by atoms with Gasteiger partial charge in [-0.3, -0.25) is 4.79 Å². The average Bonchev–Trinajstić information content (AvgIpc) is 2.23. The highest BCUT2D eigenvalue weighted by Crippen LogP contribution is 2.27. The lowest BCUT2D eigenvalue weighted by atomic mass is 10.1. The van der Waals surface area contributed by atoms with Crippen molar-refractivity contribution in [3.05, 3.63) is 0 Å². The van der Waals surface area contributed by atoms with E-state index in [0.717, 1.165) is 31.0 Å². The zero-order valence-corrected chi connectivity index (χ0v) is 13.5. The van der Waals surface area contributed by atoms with E-state index < -0.39 is 29.4 Å². The fourth-order valence-electron chi connectivity index (χ4n) is 1.53. The molecule has 0 aromatic rings. The lowest BCUT2D eigenvalue weighted by Gasteiger charge is -2.24. The van der Waals surface area contributed by atoms with Gasteiger partial charge < -0.3 is 4.74 Å². The number of carbonyl (C=O) groups excluding carboxylic acids is 1. The molecule has 0 aromatic carbocycles. The Morgan fingerprint density at radius 3 is 2.25 bits per heavy atom. The van der Waals surface area contributed by atoms with Crippen LogP contribution < -0.4 is 0 Å². The molecule has 2 nitrogen and oxygen atoms in total. The van der Waals surface area contributed by atoms with E-state index in [9.17, 15) is 18.0 Å². The fourth-order valence-corrected chi connectivity index (χ4v) is 2.68. The number of carbonyl (C=O) groups is 1. The summed E-state index contributed by atoms with van der Waals surface area (Å²) in [5.74, 6) is -0.500. The van der Waals surface area contributed by atoms with Crippen LogP contribution in [0.2, 0.25) is 0 Å². The topological polar surface area (TPSA) is 26.3 Å². The Morgan fingerprint density at radius 2 is 1.80 bits per heavy atom. The van der Waals surface area contributed by atoms with Crippen LogP contribution in [0.4, 0.5) is 13.2 Å². The molecule has 0 aliphatic carbocycles. The van der Waals surface area contributed by atoms with E-state index in [1.807, 2.05) is 6.92 Å². The van der Waals surface area contributed by atoms with Crippen LogP contribution in [0.3, 0.4) is 0 Å². The summed E-state index contributed by atoms with van der Waals surface area (Å²) in [6, 6.07) is 0. The summed E-state index contributed by atoms with van der Waals surface area (Å²) in [5.41, 5.74) is -0.606. The highest BCUT2D eigenvalue weighted by molar-refractivity contribution is 8.00. The summed E-state index contributed by atoms with van der Waals surface area (Å²) in [5, 5.41) is -0.497. The van der Waals surface area contributed by atoms with Crippen LogP contribution in [0, 0.1) is 0 Å². The Kier molecular flexibility index (Phi) is 8.63. The van der Waals surface area contributed by atoms with Gasteiger partial charge in [-0.25, -0.2) is 0 Å². The van der Waals surface area contributed by atoms with Crippen molar-refractivity contribution in [1.82, 2.24) is 0 Å². The summed E-state index contributed by atoms with van der Waals surface area (Å²) in [6.07, 6.45) is -1.66. The molecule has 1 unspecified atom stereocenters. The molecule has 0 fully saturated rings. The van der Waals surface area contributed by atoms with Crippen molar-refractivity contribution in [3.8, 4) is 0 Å². The largest absolute Gasteiger partial charge is 0.459 e. The predicted octanol–water partition coefficient (Wildman–Crippen LogP) is 4.96. The van der Waals surface area contributed by atoms with Gasteiger partial charge in [-0.1, -0.05) is 26.2 Å². The van der Waals surface area contributed by atoms with Crippen LogP contribution >= 0.6 is 11.8 Å². The SMILES string of the molecule is CCCCCC(SCCC(F)(F)F)C(=O)OC(C)(C)C. The molecule has 0 radical (unpaired) electrons. The van der Waals surface area contributed by atoms with Gasteiger partial charge in [0.05, 0.1) is 6.42 Å². The molecule has 0 aromatic heterocycles. The van der Waals surface area contributed by atoms with Gasteiger partial charge in [0, 0.05) is 5.75 Å². The van der Waals surface area contributed by atoms with Crippen LogP contribution in [-0.4, -0.2) is 28.7 Å². The van der Waals surface area contributed by atoms with Gasteiger partial charge in [0.2, 0.25) is 0 Å². The standard InChI is InChI=1S/C14H25F3O2S/c1-5-6-7-8-11(12(18)19-13(2,3)4)20-10-9-14(15,16)17/h11H,5-10H2,1-4H3. The molecule has 0 rings (SSSR count). The van der Waals surface area contributed by atoms with Gasteiger partial charge in [-0.2, -0.15) is 13.2 Å². The Hall–Kier alpha value is -0.390. The van der Waals surface area contributed by atoms with E-state index >= 15 is 0 Å². The van der Waals surface area contributed by atoms with Gasteiger partial charge in [0.1, 0.15) is 10.9 Å². The highest BCUT2D eigenvalue weighted by Gasteiger charge is 2.29. The van der Waals surface area contributed by atoms with Gasteiger partial charge in [0.25, 0.3) is 0 Å². The van der Waals surface area contributed by atoms with E-state index in [-0.39, 0.29) is 5.75 Å². The van der Waals surface area contributed by atoms with Gasteiger partial charge in [-0.05, 0) is 27.2 Å². The smallest absolute Gasteiger partial charge is 0.389 e. The number of thioether (sulfide) groups is 1. The van der Waals surface area contributed by atoms with Crippen molar-refractivity contribution in [3.63, 3.8) is 0 Å². The molecular weight excluding hydrogens is 289 g/mol. The van der Waals surface area contributed by atoms with Gasteiger partial charge >= 0.3 is 12.1 Å². The zero-order valence-electron chi connectivity index (χ0n) is 12.7. The maximum Gasteiger partial charge on any atom is 0.389 e. The molecule has 20 heavy (non-hydrogen) atoms. The maximum atomic E-state index is 12.2. The molecule has 0 spiro atoms. The molecule has 120 valence electrons. The molecule has 0 amide bonds. The first kappa shape index (κ1) is 19.6. The summed E-state index contributed by atoms with van der Waals surface area (Å²) >= 11 is 1.05. The van der Waals surface area contributed by atoms with Crippen molar-refractivity contribution in [2.75, 3.05) is 5.75 Å². The van der Waals surface area contributed by atoms with E-state index in [1.165, 1.54) is 0 Å². The normalized spacial score (nSPS) is 14.2. The van der Waals surface area contributed by atoms with Crippen LogP contribution in [-0.2, 0) is 9.53 Å². The van der Waals surface area contributed by atoms with E-state index in [4.69, 9.17) is 4.74 Å². The Bertz CT molecular complexity index is 285. The first-order chi connectivity index (χ1) is 9.05. The second kappa shape index (κ2) is 8.80. The van der Waals surface area contributed by atoms with Crippen LogP contribution in [0.5, 0.6) is 0 Å². The zero-order chi connectivity index (χ0) is 15.8. The molecule has 0 N–H and O–H groups in total. The number of hydrogen-bond donors (Lipinski definition) is 0. The summed E-state index contributed by atoms with van der Waals surface area (Å²) in [6.45, 7) is 7.32. The fraction of sp³-hybridized carbons (Fsp3) is 0.929. The predicted molar refractivity (Wildman–Crippen MR) is 76.9 cm³/mol. The molecule has 1 atom stereocenters.